The number of nitrogens with zero attached hydrogens (tertiary/aromatic N) is 2. The number of hydrogen-bond donors (Lipinski definition) is 1. The van der Waals surface area contributed by atoms with E-state index < -0.39 is 21.9 Å². The Labute approximate surface area is 226 Å². The minimum atomic E-state index is -4.04. The molecule has 202 valence electrons. The number of rotatable bonds is 7. The third-order valence-electron chi connectivity index (χ3n) is 6.94. The Morgan fingerprint density at radius 2 is 1.76 bits per heavy atom. The molecule has 1 aromatic carbocycles. The van der Waals surface area contributed by atoms with Gasteiger partial charge in [-0.05, 0) is 71.4 Å². The summed E-state index contributed by atoms with van der Waals surface area (Å²) in [5.41, 5.74) is 1.25. The number of amides is 1. The van der Waals surface area contributed by atoms with Crippen LogP contribution in [0.2, 0.25) is 10.0 Å². The van der Waals surface area contributed by atoms with E-state index in [0.29, 0.717) is 52.9 Å². The predicted molar refractivity (Wildman–Crippen MR) is 139 cm³/mol. The van der Waals surface area contributed by atoms with Gasteiger partial charge in [-0.15, -0.1) is 0 Å². The van der Waals surface area contributed by atoms with Gasteiger partial charge in [0.2, 0.25) is 0 Å². The highest BCUT2D eigenvalue weighted by molar-refractivity contribution is 7.87. The summed E-state index contributed by atoms with van der Waals surface area (Å²) in [4.78, 5) is 12.1. The predicted octanol–water partition coefficient (Wildman–Crippen LogP) is 5.81. The molecule has 2 bridgehead atoms. The minimum absolute atomic E-state index is 0.151. The Kier molecular flexibility index (Phi) is 7.25. The first-order valence-corrected chi connectivity index (χ1v) is 14.7. The first-order chi connectivity index (χ1) is 17.4. The van der Waals surface area contributed by atoms with Crippen molar-refractivity contribution in [3.05, 3.63) is 39.6 Å². The minimum Gasteiger partial charge on any atom is -0.443 e. The molecule has 2 aromatic rings. The molecule has 5 rings (SSSR count). The highest BCUT2D eigenvalue weighted by Crippen LogP contribution is 2.46. The van der Waals surface area contributed by atoms with Crippen molar-refractivity contribution >= 4 is 39.5 Å². The summed E-state index contributed by atoms with van der Waals surface area (Å²) < 4.78 is 46.7. The van der Waals surface area contributed by atoms with Crippen LogP contribution >= 0.6 is 23.2 Å². The fourth-order valence-electron chi connectivity index (χ4n) is 5.32. The number of carbonyl (C=O) groups is 1. The highest BCUT2D eigenvalue weighted by Gasteiger charge is 2.48. The standard InChI is InChI=1S/C25H31Cl2N3O6S/c1-25(2,3)35-24(31)29-37(32,33)30-15-9-10-16(30)12-17(11-15)34-13-18-22(28-36-23(18)14-7-8-14)21-19(26)5-4-6-20(21)27/h4-6,14-17H,7-13H2,1-3H3,(H,29,31). The average Bonchev–Trinajstić information content (AvgIpc) is 3.47. The zero-order valence-corrected chi connectivity index (χ0v) is 23.3. The Bertz CT molecular complexity index is 1250. The van der Waals surface area contributed by atoms with Gasteiger partial charge < -0.3 is 14.0 Å². The summed E-state index contributed by atoms with van der Waals surface area (Å²) in [6.07, 6.45) is 3.40. The third kappa shape index (κ3) is 5.78. The van der Waals surface area contributed by atoms with Crippen molar-refractivity contribution < 1.29 is 27.2 Å². The molecule has 12 heteroatoms. The molecule has 3 heterocycles. The molecule has 1 aromatic heterocycles. The first-order valence-electron chi connectivity index (χ1n) is 12.5. The van der Waals surface area contributed by atoms with E-state index >= 15 is 0 Å². The molecule has 37 heavy (non-hydrogen) atoms. The van der Waals surface area contributed by atoms with Crippen LogP contribution in [0.25, 0.3) is 11.3 Å². The number of halogens is 2. The lowest BCUT2D eigenvalue weighted by Gasteiger charge is -2.37. The molecule has 2 atom stereocenters. The third-order valence-corrected chi connectivity index (χ3v) is 9.15. The van der Waals surface area contributed by atoms with Gasteiger partial charge in [0.05, 0.1) is 22.8 Å². The lowest BCUT2D eigenvalue weighted by molar-refractivity contribution is -0.00882. The number of piperidine rings is 1. The highest BCUT2D eigenvalue weighted by atomic mass is 35.5. The number of hydrogen-bond acceptors (Lipinski definition) is 7. The number of benzene rings is 1. The van der Waals surface area contributed by atoms with Gasteiger partial charge in [0, 0.05) is 29.1 Å². The lowest BCUT2D eigenvalue weighted by Crippen LogP contribution is -2.54. The average molecular weight is 573 g/mol. The molecule has 2 aliphatic heterocycles. The summed E-state index contributed by atoms with van der Waals surface area (Å²) in [6.45, 7) is 5.31. The molecule has 0 radical (unpaired) electrons. The smallest absolute Gasteiger partial charge is 0.422 e. The van der Waals surface area contributed by atoms with Crippen LogP contribution in [-0.4, -0.2) is 47.8 Å². The molecular formula is C25H31Cl2N3O6S. The summed E-state index contributed by atoms with van der Waals surface area (Å²) in [7, 11) is -4.04. The molecule has 2 saturated heterocycles. The Morgan fingerprint density at radius 3 is 2.32 bits per heavy atom. The summed E-state index contributed by atoms with van der Waals surface area (Å²) in [6, 6.07) is 4.79. The largest absolute Gasteiger partial charge is 0.443 e. The maximum Gasteiger partial charge on any atom is 0.422 e. The van der Waals surface area contributed by atoms with Gasteiger partial charge in [0.1, 0.15) is 17.1 Å². The maximum absolute atomic E-state index is 13.0. The van der Waals surface area contributed by atoms with Crippen molar-refractivity contribution in [2.75, 3.05) is 0 Å². The van der Waals surface area contributed by atoms with E-state index in [-0.39, 0.29) is 24.8 Å². The van der Waals surface area contributed by atoms with E-state index in [0.717, 1.165) is 24.2 Å². The zero-order valence-electron chi connectivity index (χ0n) is 21.0. The summed E-state index contributed by atoms with van der Waals surface area (Å²) in [5, 5.41) is 5.28. The number of fused-ring (bicyclic) bond motifs is 2. The number of nitrogens with one attached hydrogen (secondary N) is 1. The normalized spacial score (nSPS) is 24.3. The zero-order chi connectivity index (χ0) is 26.5. The van der Waals surface area contributed by atoms with Crippen LogP contribution in [0.5, 0.6) is 0 Å². The van der Waals surface area contributed by atoms with E-state index in [2.05, 4.69) is 9.88 Å². The van der Waals surface area contributed by atoms with Crippen LogP contribution in [0.15, 0.2) is 22.7 Å². The van der Waals surface area contributed by atoms with Crippen LogP contribution < -0.4 is 4.72 Å². The van der Waals surface area contributed by atoms with Gasteiger partial charge in [0.15, 0.2) is 0 Å². The Morgan fingerprint density at radius 1 is 1.14 bits per heavy atom. The molecule has 1 amide bonds. The topological polar surface area (TPSA) is 111 Å². The number of carbonyl (C=O) groups excluding carboxylic acids is 1. The molecule has 1 saturated carbocycles. The SMILES string of the molecule is CC(C)(C)OC(=O)NS(=O)(=O)N1C2CCC1CC(OCc1c(-c3c(Cl)cccc3Cl)noc1C1CC1)C2. The van der Waals surface area contributed by atoms with Crippen molar-refractivity contribution in [3.63, 3.8) is 0 Å². The van der Waals surface area contributed by atoms with E-state index in [1.54, 1.807) is 39.0 Å². The molecule has 9 nitrogen and oxygen atoms in total. The van der Waals surface area contributed by atoms with Crippen LogP contribution in [0.1, 0.15) is 76.5 Å². The summed E-state index contributed by atoms with van der Waals surface area (Å²) in [5.74, 6) is 1.11. The monoisotopic (exact) mass is 571 g/mol. The Hall–Kier alpha value is -1.85. The molecule has 1 N–H and O–H groups in total. The van der Waals surface area contributed by atoms with Crippen LogP contribution in [-0.2, 0) is 26.3 Å². The quantitative estimate of drug-likeness (QED) is 0.446. The number of aromatic nitrogens is 1. The fraction of sp³-hybridized carbons (Fsp3) is 0.600. The van der Waals surface area contributed by atoms with Crippen molar-refractivity contribution in [1.29, 1.82) is 0 Å². The van der Waals surface area contributed by atoms with Gasteiger partial charge in [-0.3, -0.25) is 0 Å². The molecular weight excluding hydrogens is 541 g/mol. The fourth-order valence-corrected chi connectivity index (χ4v) is 7.42. The Balaban J connectivity index is 1.29. The van der Waals surface area contributed by atoms with Gasteiger partial charge in [-0.1, -0.05) is 34.4 Å². The molecule has 0 spiro atoms. The molecule has 3 fully saturated rings. The van der Waals surface area contributed by atoms with Crippen molar-refractivity contribution in [1.82, 2.24) is 14.2 Å². The van der Waals surface area contributed by atoms with Crippen LogP contribution in [0.4, 0.5) is 4.79 Å². The molecule has 2 unspecified atom stereocenters. The summed E-state index contributed by atoms with van der Waals surface area (Å²) >= 11 is 12.9. The molecule has 3 aliphatic rings. The molecule has 1 aliphatic carbocycles. The van der Waals surface area contributed by atoms with Crippen LogP contribution in [0.3, 0.4) is 0 Å². The second-order valence-corrected chi connectivity index (χ2v) is 13.4. The van der Waals surface area contributed by atoms with Gasteiger partial charge in [-0.2, -0.15) is 12.7 Å². The van der Waals surface area contributed by atoms with Crippen molar-refractivity contribution in [3.8, 4) is 11.3 Å². The van der Waals surface area contributed by atoms with Gasteiger partial charge in [0.25, 0.3) is 0 Å². The van der Waals surface area contributed by atoms with E-state index in [1.807, 2.05) is 0 Å². The second kappa shape index (κ2) is 10.0. The van der Waals surface area contributed by atoms with Crippen molar-refractivity contribution in [2.24, 2.45) is 0 Å². The lowest BCUT2D eigenvalue weighted by atomic mass is 10.0. The van der Waals surface area contributed by atoms with Crippen LogP contribution in [0, 0.1) is 0 Å². The van der Waals surface area contributed by atoms with E-state index in [4.69, 9.17) is 37.2 Å². The van der Waals surface area contributed by atoms with E-state index in [9.17, 15) is 13.2 Å². The van der Waals surface area contributed by atoms with Crippen molar-refractivity contribution in [2.45, 2.75) is 95.6 Å². The van der Waals surface area contributed by atoms with E-state index in [1.165, 1.54) is 4.31 Å². The first kappa shape index (κ1) is 26.7. The second-order valence-electron chi connectivity index (χ2n) is 11.0. The maximum atomic E-state index is 13.0. The number of ether oxygens (including phenoxy) is 2. The van der Waals surface area contributed by atoms with Gasteiger partial charge >= 0.3 is 16.3 Å². The van der Waals surface area contributed by atoms with Gasteiger partial charge in [-0.25, -0.2) is 9.52 Å².